The highest BCUT2D eigenvalue weighted by atomic mass is 16.4. The molecule has 0 radical (unpaired) electrons. The van der Waals surface area contributed by atoms with Gasteiger partial charge in [0.2, 0.25) is 0 Å². The third kappa shape index (κ3) is 2.32. The molecule has 120 valence electrons. The maximum absolute atomic E-state index is 11.7. The fourth-order valence-electron chi connectivity index (χ4n) is 2.88. The smallest absolute Gasteiger partial charge is 0.353 e. The minimum atomic E-state index is -1.06. The van der Waals surface area contributed by atoms with Gasteiger partial charge in [-0.1, -0.05) is 31.2 Å². The Morgan fingerprint density at radius 3 is 2.50 bits per heavy atom. The van der Waals surface area contributed by atoms with E-state index < -0.39 is 5.97 Å². The van der Waals surface area contributed by atoms with Gasteiger partial charge in [0.15, 0.2) is 5.82 Å². The molecule has 0 bridgehead atoms. The van der Waals surface area contributed by atoms with Gasteiger partial charge in [0.05, 0.1) is 5.56 Å². The van der Waals surface area contributed by atoms with E-state index in [4.69, 9.17) is 0 Å². The van der Waals surface area contributed by atoms with Gasteiger partial charge in [-0.25, -0.2) is 9.89 Å². The maximum Gasteiger partial charge on any atom is 0.353 e. The number of rotatable bonds is 4. The van der Waals surface area contributed by atoms with Crippen molar-refractivity contribution in [1.29, 1.82) is 5.26 Å². The van der Waals surface area contributed by atoms with Crippen molar-refractivity contribution in [2.75, 3.05) is 0 Å². The molecular weight excluding hydrogens is 308 g/mol. The lowest BCUT2D eigenvalue weighted by Crippen LogP contribution is -2.07. The lowest BCUT2D eigenvalue weighted by Gasteiger charge is -2.05. The molecule has 2 aromatic heterocycles. The van der Waals surface area contributed by atoms with Crippen molar-refractivity contribution in [3.63, 3.8) is 0 Å². The zero-order valence-corrected chi connectivity index (χ0v) is 13.1. The van der Waals surface area contributed by atoms with Crippen LogP contribution in [0.1, 0.15) is 28.7 Å². The van der Waals surface area contributed by atoms with Crippen molar-refractivity contribution in [3.05, 3.63) is 41.2 Å². The first-order chi connectivity index (χ1) is 11.6. The van der Waals surface area contributed by atoms with Gasteiger partial charge in [-0.2, -0.15) is 5.26 Å². The summed E-state index contributed by atoms with van der Waals surface area (Å²) in [5, 5.41) is 32.7. The molecule has 0 spiro atoms. The summed E-state index contributed by atoms with van der Waals surface area (Å²) in [5.41, 5.74) is 3.07. The van der Waals surface area contributed by atoms with Crippen molar-refractivity contribution in [2.45, 2.75) is 13.3 Å². The number of hydrogen-bond donors (Lipinski definition) is 2. The van der Waals surface area contributed by atoms with E-state index >= 15 is 0 Å². The van der Waals surface area contributed by atoms with Gasteiger partial charge in [-0.3, -0.25) is 0 Å². The molecule has 0 saturated heterocycles. The van der Waals surface area contributed by atoms with Crippen molar-refractivity contribution in [1.82, 2.24) is 25.2 Å². The lowest BCUT2D eigenvalue weighted by molar-refractivity contribution is 0.0687. The standard InChI is InChI=1S/C16H14N6O2/c1-3-12-11(8-17)13(14(16(23)24)22(12)2)9-4-6-10(7-5-9)15-18-20-21-19-15/h4-7H,3H2,1-2H3,(H,23,24)(H,18,19,20,21). The normalized spacial score (nSPS) is 10.5. The zero-order valence-electron chi connectivity index (χ0n) is 13.1. The van der Waals surface area contributed by atoms with E-state index in [9.17, 15) is 15.2 Å². The number of carbonyl (C=O) groups is 1. The topological polar surface area (TPSA) is 120 Å². The third-order valence-corrected chi connectivity index (χ3v) is 3.96. The van der Waals surface area contributed by atoms with E-state index in [0.717, 1.165) is 5.56 Å². The Hall–Kier alpha value is -3.47. The monoisotopic (exact) mass is 322 g/mol. The summed E-state index contributed by atoms with van der Waals surface area (Å²) < 4.78 is 1.57. The highest BCUT2D eigenvalue weighted by Gasteiger charge is 2.25. The Labute approximate surface area is 137 Å². The highest BCUT2D eigenvalue weighted by Crippen LogP contribution is 2.33. The summed E-state index contributed by atoms with van der Waals surface area (Å²) in [6.45, 7) is 1.89. The van der Waals surface area contributed by atoms with Gasteiger partial charge in [0, 0.05) is 23.9 Å². The SMILES string of the molecule is CCc1c(C#N)c(-c2ccc(-c3nnn[nH]3)cc2)c(C(=O)O)n1C. The molecule has 0 fully saturated rings. The first kappa shape index (κ1) is 15.4. The molecule has 2 heterocycles. The van der Waals surface area contributed by atoms with Crippen LogP contribution in [0.25, 0.3) is 22.5 Å². The molecule has 2 N–H and O–H groups in total. The molecule has 0 unspecified atom stereocenters. The maximum atomic E-state index is 11.7. The average molecular weight is 322 g/mol. The highest BCUT2D eigenvalue weighted by molar-refractivity contribution is 5.97. The Kier molecular flexibility index (Phi) is 3.83. The summed E-state index contributed by atoms with van der Waals surface area (Å²) in [6.07, 6.45) is 0.571. The first-order valence-corrected chi connectivity index (χ1v) is 7.28. The van der Waals surface area contributed by atoms with E-state index in [1.807, 2.05) is 6.92 Å². The number of hydrogen-bond acceptors (Lipinski definition) is 5. The molecular formula is C16H14N6O2. The van der Waals surface area contributed by atoms with Crippen LogP contribution in [0, 0.1) is 11.3 Å². The summed E-state index contributed by atoms with van der Waals surface area (Å²) in [4.78, 5) is 11.7. The predicted octanol–water partition coefficient (Wildman–Crippen LogP) is 2.00. The van der Waals surface area contributed by atoms with Crippen LogP contribution in [0.3, 0.4) is 0 Å². The van der Waals surface area contributed by atoms with E-state index in [0.29, 0.717) is 34.6 Å². The largest absolute Gasteiger partial charge is 0.477 e. The number of carboxylic acids is 1. The summed E-state index contributed by atoms with van der Waals surface area (Å²) >= 11 is 0. The predicted molar refractivity (Wildman–Crippen MR) is 85.1 cm³/mol. The molecule has 8 nitrogen and oxygen atoms in total. The van der Waals surface area contributed by atoms with E-state index in [2.05, 4.69) is 26.7 Å². The van der Waals surface area contributed by atoms with Gasteiger partial charge in [-0.05, 0) is 22.4 Å². The molecule has 3 rings (SSSR count). The number of H-pyrrole nitrogens is 1. The van der Waals surface area contributed by atoms with E-state index in [-0.39, 0.29) is 5.69 Å². The Morgan fingerprint density at radius 2 is 2.00 bits per heavy atom. The van der Waals surface area contributed by atoms with Crippen LogP contribution < -0.4 is 0 Å². The quantitative estimate of drug-likeness (QED) is 0.758. The van der Waals surface area contributed by atoms with Crippen LogP contribution in [-0.4, -0.2) is 36.3 Å². The number of tetrazole rings is 1. The second-order valence-corrected chi connectivity index (χ2v) is 5.20. The number of nitrogens with one attached hydrogen (secondary N) is 1. The van der Waals surface area contributed by atoms with Crippen LogP contribution >= 0.6 is 0 Å². The molecule has 0 aliphatic rings. The van der Waals surface area contributed by atoms with Gasteiger partial charge < -0.3 is 9.67 Å². The minimum absolute atomic E-state index is 0.109. The zero-order chi connectivity index (χ0) is 17.3. The van der Waals surface area contributed by atoms with Crippen LogP contribution in [0.15, 0.2) is 24.3 Å². The molecule has 0 aliphatic heterocycles. The number of aromatic nitrogens is 5. The van der Waals surface area contributed by atoms with Crippen molar-refractivity contribution in [2.24, 2.45) is 7.05 Å². The van der Waals surface area contributed by atoms with Gasteiger partial charge in [0.1, 0.15) is 11.8 Å². The van der Waals surface area contributed by atoms with E-state index in [1.54, 1.807) is 35.9 Å². The van der Waals surface area contributed by atoms with Crippen molar-refractivity contribution >= 4 is 5.97 Å². The molecule has 24 heavy (non-hydrogen) atoms. The number of nitrogens with zero attached hydrogens (tertiary/aromatic N) is 5. The second kappa shape index (κ2) is 5.96. The van der Waals surface area contributed by atoms with Crippen LogP contribution in [0.2, 0.25) is 0 Å². The number of aromatic amines is 1. The number of benzene rings is 1. The van der Waals surface area contributed by atoms with Crippen LogP contribution in [0.5, 0.6) is 0 Å². The van der Waals surface area contributed by atoms with Crippen molar-refractivity contribution in [3.8, 4) is 28.6 Å². The molecule has 1 aromatic carbocycles. The lowest BCUT2D eigenvalue weighted by atomic mass is 9.99. The van der Waals surface area contributed by atoms with Crippen molar-refractivity contribution < 1.29 is 9.90 Å². The molecule has 0 aliphatic carbocycles. The number of nitriles is 1. The van der Waals surface area contributed by atoms with Crippen LogP contribution in [-0.2, 0) is 13.5 Å². The van der Waals surface area contributed by atoms with Gasteiger partial charge >= 0.3 is 5.97 Å². The minimum Gasteiger partial charge on any atom is -0.477 e. The second-order valence-electron chi connectivity index (χ2n) is 5.20. The summed E-state index contributed by atoms with van der Waals surface area (Å²) in [7, 11) is 1.67. The van der Waals surface area contributed by atoms with Crippen LogP contribution in [0.4, 0.5) is 0 Å². The fraction of sp³-hybridized carbons (Fsp3) is 0.188. The molecule has 0 saturated carbocycles. The molecule has 0 amide bonds. The third-order valence-electron chi connectivity index (χ3n) is 3.96. The average Bonchev–Trinajstić information content (AvgIpc) is 3.20. The Balaban J connectivity index is 2.19. The number of aromatic carboxylic acids is 1. The summed E-state index contributed by atoms with van der Waals surface area (Å²) in [6, 6.07) is 9.24. The molecule has 8 heteroatoms. The number of carboxylic acid groups (broad SMARTS) is 1. The van der Waals surface area contributed by atoms with Gasteiger partial charge in [0.25, 0.3) is 0 Å². The summed E-state index contributed by atoms with van der Waals surface area (Å²) in [5.74, 6) is -0.546. The Morgan fingerprint density at radius 1 is 1.33 bits per heavy atom. The Bertz CT molecular complexity index is 933. The fourth-order valence-corrected chi connectivity index (χ4v) is 2.88. The molecule has 0 atom stereocenters. The first-order valence-electron chi connectivity index (χ1n) is 7.28. The van der Waals surface area contributed by atoms with E-state index in [1.165, 1.54) is 0 Å². The molecule has 3 aromatic rings. The van der Waals surface area contributed by atoms with Gasteiger partial charge in [-0.15, -0.1) is 5.10 Å².